The minimum Gasteiger partial charge on any atom is -0.258 e. The fraction of sp³-hybridized carbons (Fsp3) is 0.0769. The van der Waals surface area contributed by atoms with Gasteiger partial charge in [0, 0.05) is 22.6 Å². The molecular formula is C13H10FNO2S. The number of hydrogen-bond acceptors (Lipinski definition) is 3. The van der Waals surface area contributed by atoms with Gasteiger partial charge in [-0.2, -0.15) is 0 Å². The van der Waals surface area contributed by atoms with E-state index in [1.807, 2.05) is 18.4 Å². The lowest BCUT2D eigenvalue weighted by Crippen LogP contribution is -1.92. The highest BCUT2D eigenvalue weighted by Crippen LogP contribution is 2.33. The second-order valence-electron chi connectivity index (χ2n) is 3.62. The fourth-order valence-electron chi connectivity index (χ4n) is 1.70. The van der Waals surface area contributed by atoms with Crippen molar-refractivity contribution in [2.45, 2.75) is 4.90 Å². The SMILES string of the molecule is CSc1ccccc1-c1cc([N+](=O)[O-])ccc1F. The molecule has 0 aliphatic heterocycles. The quantitative estimate of drug-likeness (QED) is 0.475. The summed E-state index contributed by atoms with van der Waals surface area (Å²) in [7, 11) is 0. The number of nitro groups is 1. The van der Waals surface area contributed by atoms with Crippen molar-refractivity contribution < 1.29 is 9.31 Å². The molecule has 0 aliphatic carbocycles. The second-order valence-corrected chi connectivity index (χ2v) is 4.47. The van der Waals surface area contributed by atoms with E-state index in [-0.39, 0.29) is 11.3 Å². The summed E-state index contributed by atoms with van der Waals surface area (Å²) in [6.07, 6.45) is 1.88. The lowest BCUT2D eigenvalue weighted by molar-refractivity contribution is -0.384. The largest absolute Gasteiger partial charge is 0.270 e. The van der Waals surface area contributed by atoms with Gasteiger partial charge in [0.2, 0.25) is 0 Å². The van der Waals surface area contributed by atoms with Gasteiger partial charge in [-0.15, -0.1) is 11.8 Å². The summed E-state index contributed by atoms with van der Waals surface area (Å²) in [6.45, 7) is 0. The molecule has 0 aromatic heterocycles. The van der Waals surface area contributed by atoms with Gasteiger partial charge in [-0.3, -0.25) is 10.1 Å². The monoisotopic (exact) mass is 263 g/mol. The molecule has 92 valence electrons. The zero-order chi connectivity index (χ0) is 13.1. The van der Waals surface area contributed by atoms with Crippen LogP contribution in [0.15, 0.2) is 47.4 Å². The lowest BCUT2D eigenvalue weighted by Gasteiger charge is -2.08. The van der Waals surface area contributed by atoms with Crippen molar-refractivity contribution in [3.05, 3.63) is 58.4 Å². The topological polar surface area (TPSA) is 43.1 Å². The van der Waals surface area contributed by atoms with E-state index in [2.05, 4.69) is 0 Å². The molecule has 0 bridgehead atoms. The van der Waals surface area contributed by atoms with Crippen LogP contribution in [0.3, 0.4) is 0 Å². The molecule has 0 saturated carbocycles. The molecule has 0 amide bonds. The third-order valence-electron chi connectivity index (χ3n) is 2.56. The Morgan fingerprint density at radius 1 is 1.17 bits per heavy atom. The first-order chi connectivity index (χ1) is 8.63. The van der Waals surface area contributed by atoms with Gasteiger partial charge in [-0.25, -0.2) is 4.39 Å². The highest BCUT2D eigenvalue weighted by molar-refractivity contribution is 7.98. The first-order valence-corrected chi connectivity index (χ1v) is 6.43. The van der Waals surface area contributed by atoms with Crippen LogP contribution in [0.25, 0.3) is 11.1 Å². The van der Waals surface area contributed by atoms with Crippen molar-refractivity contribution in [2.75, 3.05) is 6.26 Å². The third-order valence-corrected chi connectivity index (χ3v) is 3.35. The van der Waals surface area contributed by atoms with Gasteiger partial charge in [0.05, 0.1) is 4.92 Å². The van der Waals surface area contributed by atoms with Crippen molar-refractivity contribution in [2.24, 2.45) is 0 Å². The molecule has 0 saturated heterocycles. The van der Waals surface area contributed by atoms with E-state index in [4.69, 9.17) is 0 Å². The van der Waals surface area contributed by atoms with Crippen molar-refractivity contribution in [3.8, 4) is 11.1 Å². The van der Waals surface area contributed by atoms with Crippen LogP contribution < -0.4 is 0 Å². The van der Waals surface area contributed by atoms with E-state index in [1.165, 1.54) is 23.9 Å². The number of halogens is 1. The minimum atomic E-state index is -0.523. The third kappa shape index (κ3) is 2.36. The highest BCUT2D eigenvalue weighted by Gasteiger charge is 2.14. The van der Waals surface area contributed by atoms with Crippen molar-refractivity contribution in [1.29, 1.82) is 0 Å². The van der Waals surface area contributed by atoms with Crippen LogP contribution in [0.2, 0.25) is 0 Å². The molecule has 0 atom stereocenters. The van der Waals surface area contributed by atoms with Crippen LogP contribution in [-0.2, 0) is 0 Å². The molecule has 0 spiro atoms. The number of hydrogen-bond donors (Lipinski definition) is 0. The number of rotatable bonds is 3. The van der Waals surface area contributed by atoms with Gasteiger partial charge >= 0.3 is 0 Å². The number of non-ortho nitro benzene ring substituents is 1. The van der Waals surface area contributed by atoms with E-state index < -0.39 is 10.7 Å². The van der Waals surface area contributed by atoms with E-state index >= 15 is 0 Å². The number of benzene rings is 2. The van der Waals surface area contributed by atoms with Crippen LogP contribution in [0.4, 0.5) is 10.1 Å². The maximum absolute atomic E-state index is 13.8. The van der Waals surface area contributed by atoms with Gasteiger partial charge in [0.25, 0.3) is 5.69 Å². The molecule has 2 aromatic carbocycles. The Morgan fingerprint density at radius 3 is 2.56 bits per heavy atom. The lowest BCUT2D eigenvalue weighted by atomic mass is 10.0. The van der Waals surface area contributed by atoms with Crippen LogP contribution in [0, 0.1) is 15.9 Å². The average Bonchev–Trinajstić information content (AvgIpc) is 2.39. The normalized spacial score (nSPS) is 10.3. The van der Waals surface area contributed by atoms with Crippen LogP contribution in [0.1, 0.15) is 0 Å². The van der Waals surface area contributed by atoms with Crippen LogP contribution in [-0.4, -0.2) is 11.2 Å². The summed E-state index contributed by atoms with van der Waals surface area (Å²) in [5.74, 6) is -0.456. The molecule has 0 radical (unpaired) electrons. The van der Waals surface area contributed by atoms with E-state index in [0.717, 1.165) is 11.0 Å². The molecular weight excluding hydrogens is 253 g/mol. The molecule has 18 heavy (non-hydrogen) atoms. The maximum Gasteiger partial charge on any atom is 0.270 e. The highest BCUT2D eigenvalue weighted by atomic mass is 32.2. The van der Waals surface area contributed by atoms with Crippen LogP contribution >= 0.6 is 11.8 Å². The van der Waals surface area contributed by atoms with Gasteiger partial charge in [0.1, 0.15) is 5.82 Å². The Balaban J connectivity index is 2.62. The zero-order valence-electron chi connectivity index (χ0n) is 9.59. The van der Waals surface area contributed by atoms with Crippen molar-refractivity contribution in [3.63, 3.8) is 0 Å². The summed E-state index contributed by atoms with van der Waals surface area (Å²) >= 11 is 1.48. The molecule has 3 nitrogen and oxygen atoms in total. The molecule has 0 N–H and O–H groups in total. The maximum atomic E-state index is 13.8. The number of nitrogens with zero attached hydrogens (tertiary/aromatic N) is 1. The molecule has 5 heteroatoms. The van der Waals surface area contributed by atoms with Gasteiger partial charge < -0.3 is 0 Å². The summed E-state index contributed by atoms with van der Waals surface area (Å²) in [6, 6.07) is 10.8. The fourth-order valence-corrected chi connectivity index (χ4v) is 2.31. The summed E-state index contributed by atoms with van der Waals surface area (Å²) in [5, 5.41) is 10.7. The number of thioether (sulfide) groups is 1. The Bertz CT molecular complexity index is 601. The Labute approximate surface area is 108 Å². The van der Waals surface area contributed by atoms with Gasteiger partial charge in [-0.05, 0) is 24.0 Å². The summed E-state index contributed by atoms with van der Waals surface area (Å²) in [4.78, 5) is 11.1. The molecule has 0 unspecified atom stereocenters. The van der Waals surface area contributed by atoms with E-state index in [0.29, 0.717) is 5.56 Å². The van der Waals surface area contributed by atoms with Gasteiger partial charge in [0.15, 0.2) is 0 Å². The molecule has 0 fully saturated rings. The molecule has 2 rings (SSSR count). The van der Waals surface area contributed by atoms with Crippen LogP contribution in [0.5, 0.6) is 0 Å². The second kappa shape index (κ2) is 5.18. The standard InChI is InChI=1S/C13H10FNO2S/c1-18-13-5-3-2-4-10(13)11-8-9(15(16)17)6-7-12(11)14/h2-8H,1H3. The Hall–Kier alpha value is -1.88. The molecule has 2 aromatic rings. The zero-order valence-corrected chi connectivity index (χ0v) is 10.4. The summed E-state index contributed by atoms with van der Waals surface area (Å²) in [5.41, 5.74) is 0.822. The molecule has 0 heterocycles. The smallest absolute Gasteiger partial charge is 0.258 e. The van der Waals surface area contributed by atoms with E-state index in [9.17, 15) is 14.5 Å². The Morgan fingerprint density at radius 2 is 1.89 bits per heavy atom. The van der Waals surface area contributed by atoms with E-state index in [1.54, 1.807) is 12.1 Å². The minimum absolute atomic E-state index is 0.109. The number of nitro benzene ring substituents is 1. The average molecular weight is 263 g/mol. The predicted octanol–water partition coefficient (Wildman–Crippen LogP) is 4.12. The molecule has 0 aliphatic rings. The predicted molar refractivity (Wildman–Crippen MR) is 70.3 cm³/mol. The first kappa shape index (κ1) is 12.6. The van der Waals surface area contributed by atoms with Crippen molar-refractivity contribution in [1.82, 2.24) is 0 Å². The van der Waals surface area contributed by atoms with Gasteiger partial charge in [-0.1, -0.05) is 18.2 Å². The summed E-state index contributed by atoms with van der Waals surface area (Å²) < 4.78 is 13.8. The van der Waals surface area contributed by atoms with Crippen molar-refractivity contribution >= 4 is 17.4 Å². The first-order valence-electron chi connectivity index (χ1n) is 5.21. The Kier molecular flexibility index (Phi) is 3.62.